The maximum Gasteiger partial charge on any atom is 0.647 e. The largest absolute Gasteiger partial charge is 0.647 e. The molecule has 0 aromatic heterocycles. The first-order valence-electron chi connectivity index (χ1n) is 58.0. The van der Waals surface area contributed by atoms with Crippen LogP contribution in [0.1, 0.15) is 531 Å². The Balaban J connectivity index is 1.16. The maximum atomic E-state index is 17.0. The fourth-order valence-electron chi connectivity index (χ4n) is 22.1. The minimum Gasteiger partial charge on any atom is -0.386 e. The molecule has 0 heterocycles. The molecule has 9 rings (SSSR count). The Morgan fingerprint density at radius 3 is 0.409 bits per heavy atom. The quantitative estimate of drug-likeness (QED) is 0.0216. The van der Waals surface area contributed by atoms with E-state index in [9.17, 15) is 0 Å². The number of aryl methyl sites for hydroxylation is 6. The number of hydrogen-bond donors (Lipinski definition) is 0. The molecular weight excluding hydrogens is 1680 g/mol. The number of hydrogen-bond acceptors (Lipinski definition) is 4. The maximum absolute atomic E-state index is 17.0. The molecule has 0 aliphatic rings. The van der Waals surface area contributed by atoms with Gasteiger partial charge in [-0.05, 0) is 216 Å². The molecule has 0 spiro atoms. The van der Waals surface area contributed by atoms with Gasteiger partial charge in [0.2, 0.25) is 0 Å². The lowest BCUT2D eigenvalue weighted by Gasteiger charge is -2.37. The fourth-order valence-corrected chi connectivity index (χ4v) is 23.3. The molecule has 0 amide bonds. The molecule has 0 bridgehead atoms. The van der Waals surface area contributed by atoms with Gasteiger partial charge in [-0.15, -0.1) is 0 Å². The van der Waals surface area contributed by atoms with Crippen molar-refractivity contribution in [2.24, 2.45) is 0 Å². The molecule has 9 aromatic rings. The molecule has 0 unspecified atom stereocenters. The van der Waals surface area contributed by atoms with E-state index in [1.807, 2.05) is 0 Å². The lowest BCUT2D eigenvalue weighted by molar-refractivity contribution is 0.298. The van der Waals surface area contributed by atoms with Gasteiger partial charge in [0.1, 0.15) is 17.2 Å². The molecule has 9 aromatic carbocycles. The van der Waals surface area contributed by atoms with E-state index < -0.39 is 24.1 Å². The van der Waals surface area contributed by atoms with Crippen LogP contribution < -0.4 is 13.6 Å². The summed E-state index contributed by atoms with van der Waals surface area (Å²) in [4.78, 5) is 0. The highest BCUT2D eigenvalue weighted by molar-refractivity contribution is 7.49. The van der Waals surface area contributed by atoms with Crippen molar-refractivity contribution >= 4 is 7.82 Å². The monoisotopic (exact) mass is 1880 g/mol. The summed E-state index contributed by atoms with van der Waals surface area (Å²) in [7, 11) is -4.64. The van der Waals surface area contributed by atoms with Crippen LogP contribution in [0.25, 0.3) is 0 Å². The van der Waals surface area contributed by atoms with Gasteiger partial charge in [0.05, 0.1) is 0 Å². The normalized spacial score (nSPS) is 12.0. The average molecular weight is 1880 g/mol. The summed E-state index contributed by atoms with van der Waals surface area (Å²) in [6.45, 7) is 20.8. The molecule has 0 fully saturated rings. The van der Waals surface area contributed by atoms with Gasteiger partial charge >= 0.3 is 7.82 Å². The van der Waals surface area contributed by atoms with Gasteiger partial charge in [-0.25, -0.2) is 0 Å². The molecule has 0 radical (unpaired) electrons. The van der Waals surface area contributed by atoms with Gasteiger partial charge in [-0.2, -0.15) is 4.57 Å². The molecule has 5 heteroatoms. The lowest BCUT2D eigenvalue weighted by atomic mass is 9.66. The van der Waals surface area contributed by atoms with E-state index in [1.165, 1.54) is 430 Å². The van der Waals surface area contributed by atoms with Crippen LogP contribution in [0.2, 0.25) is 0 Å². The molecule has 0 aliphatic heterocycles. The molecule has 0 saturated heterocycles. The Kier molecular flexibility index (Phi) is 56.1. The van der Waals surface area contributed by atoms with Crippen LogP contribution in [0, 0.1) is 0 Å². The topological polar surface area (TPSA) is 44.8 Å². The Labute approximate surface area is 841 Å². The molecule has 0 N–H and O–H groups in total. The minimum absolute atomic E-state index is 0.429. The molecule has 0 saturated carbocycles. The Bertz CT molecular complexity index is 3870. The second kappa shape index (κ2) is 67.9. The third-order valence-corrected chi connectivity index (χ3v) is 32.1. The summed E-state index contributed by atoms with van der Waals surface area (Å²) in [6, 6.07) is 84.8. The SMILES string of the molecule is CCCCCCCCCc1ccc(C(CCCCCCC)(c2ccc(CCCCCCCCC)cc2)c2ccc(OP(=O)(Oc3ccc(C(CCCCCCC)(c4ccc(CCCCCCCCC)cc4)c4ccc(CCCCCCCCC)cc4)cc3)Oc3ccc(C(CCCCCCC)(c4ccc(CCCCCCCCC)cc4)c4ccc(CCCCCCCCC)cc4)cc3)cc2)cc1. The minimum atomic E-state index is -4.64. The first kappa shape index (κ1) is 113. The first-order chi connectivity index (χ1) is 67.5. The summed E-state index contributed by atoms with van der Waals surface area (Å²) in [5.41, 5.74) is 18.5. The van der Waals surface area contributed by atoms with E-state index in [-0.39, 0.29) is 0 Å². The van der Waals surface area contributed by atoms with Crippen molar-refractivity contribution in [1.29, 1.82) is 0 Å². The smallest absolute Gasteiger partial charge is 0.386 e. The first-order valence-corrected chi connectivity index (χ1v) is 59.5. The van der Waals surface area contributed by atoms with Gasteiger partial charge in [-0.3, -0.25) is 0 Å². The van der Waals surface area contributed by atoms with Crippen molar-refractivity contribution in [3.05, 3.63) is 302 Å². The van der Waals surface area contributed by atoms with Crippen LogP contribution in [0.4, 0.5) is 0 Å². The van der Waals surface area contributed by atoms with Gasteiger partial charge in [0.25, 0.3) is 0 Å². The third kappa shape index (κ3) is 39.1. The van der Waals surface area contributed by atoms with Crippen molar-refractivity contribution < 1.29 is 18.1 Å². The lowest BCUT2D eigenvalue weighted by Crippen LogP contribution is -2.30. The van der Waals surface area contributed by atoms with Crippen molar-refractivity contribution in [3.8, 4) is 17.2 Å². The van der Waals surface area contributed by atoms with E-state index in [4.69, 9.17) is 13.6 Å². The van der Waals surface area contributed by atoms with Crippen molar-refractivity contribution in [2.45, 2.75) is 502 Å². The van der Waals surface area contributed by atoms with Crippen LogP contribution >= 0.6 is 7.82 Å². The number of phosphoric acid groups is 1. The summed E-state index contributed by atoms with van der Waals surface area (Å²) in [5, 5.41) is 0. The zero-order chi connectivity index (χ0) is 96.6. The summed E-state index contributed by atoms with van der Waals surface area (Å²) in [6.07, 6.45) is 81.9. The van der Waals surface area contributed by atoms with Crippen LogP contribution in [-0.2, 0) is 59.3 Å². The van der Waals surface area contributed by atoms with E-state index in [0.717, 1.165) is 77.0 Å². The second-order valence-corrected chi connectivity index (χ2v) is 43.4. The highest BCUT2D eigenvalue weighted by Crippen LogP contribution is 2.54. The van der Waals surface area contributed by atoms with Crippen molar-refractivity contribution in [3.63, 3.8) is 0 Å². The molecule has 0 atom stereocenters. The van der Waals surface area contributed by atoms with E-state index in [2.05, 4.69) is 281 Å². The summed E-state index contributed by atoms with van der Waals surface area (Å²) < 4.78 is 38.4. The van der Waals surface area contributed by atoms with Gasteiger partial charge in [0, 0.05) is 16.2 Å². The molecule has 4 nitrogen and oxygen atoms in total. The Morgan fingerprint density at radius 2 is 0.270 bits per heavy atom. The number of rotatable bonds is 81. The van der Waals surface area contributed by atoms with Gasteiger partial charge in [0.15, 0.2) is 0 Å². The van der Waals surface area contributed by atoms with Gasteiger partial charge in [-0.1, -0.05) is 572 Å². The predicted octanol–water partition coefficient (Wildman–Crippen LogP) is 42.2. The predicted molar refractivity (Wildman–Crippen MR) is 597 cm³/mol. The zero-order valence-corrected chi connectivity index (χ0v) is 89.9. The number of unbranched alkanes of at least 4 members (excludes halogenated alkanes) is 48. The van der Waals surface area contributed by atoms with E-state index in [1.54, 1.807) is 0 Å². The number of phosphoric ester groups is 1. The van der Waals surface area contributed by atoms with Crippen LogP contribution in [0.5, 0.6) is 17.2 Å². The highest BCUT2D eigenvalue weighted by atomic mass is 31.2. The van der Waals surface area contributed by atoms with Crippen molar-refractivity contribution in [1.82, 2.24) is 0 Å². The van der Waals surface area contributed by atoms with Crippen LogP contribution in [0.3, 0.4) is 0 Å². The molecule has 752 valence electrons. The highest BCUT2D eigenvalue weighted by Gasteiger charge is 2.41. The Hall–Kier alpha value is -7.39. The third-order valence-electron chi connectivity index (χ3n) is 30.8. The van der Waals surface area contributed by atoms with E-state index >= 15 is 4.57 Å². The Morgan fingerprint density at radius 1 is 0.153 bits per heavy atom. The fraction of sp³-hybridized carbons (Fsp3) is 0.591. The molecule has 137 heavy (non-hydrogen) atoms. The number of benzene rings is 9. The molecular formula is C132H195O4P. The average Bonchev–Trinajstić information content (AvgIpc) is 0.759. The van der Waals surface area contributed by atoms with Crippen LogP contribution in [-0.4, -0.2) is 0 Å². The second-order valence-electron chi connectivity index (χ2n) is 41.9. The molecule has 0 aliphatic carbocycles. The van der Waals surface area contributed by atoms with Gasteiger partial charge < -0.3 is 13.6 Å². The van der Waals surface area contributed by atoms with Crippen molar-refractivity contribution in [2.75, 3.05) is 0 Å². The van der Waals surface area contributed by atoms with Crippen LogP contribution in [0.15, 0.2) is 218 Å². The standard InChI is InChI=1S/C132H195O4P/c1-10-19-28-37-43-49-58-67-112-73-85-118(86-74-112)130(109-64-55-34-25-16-7,119-87-75-113(76-88-119)68-59-50-44-38-29-20-11-2)124-97-103-127(104-98-124)134-137(133,135-128-105-99-125(100-106-128)131(110-65-56-35-26-17-8,120-89-77-114(78-90-120)69-60-51-45-39-30-21-12-3)121-91-79-115(80-92-121)70-61-52-46-40-31-22-13-4)136-129-107-101-126(102-108-129)132(111-66-57-36-27-18-9,122-93-81-116(82-94-122)71-62-53-47-41-32-23-14-5)123-95-83-117(84-96-123)72-63-54-48-42-33-24-15-6/h73-108H,10-72,109-111H2,1-9H3. The zero-order valence-electron chi connectivity index (χ0n) is 89.0. The van der Waals surface area contributed by atoms with E-state index in [0.29, 0.717) is 17.2 Å². The summed E-state index contributed by atoms with van der Waals surface area (Å²) >= 11 is 0. The summed E-state index contributed by atoms with van der Waals surface area (Å²) in [5.74, 6) is 1.29.